The minimum absolute atomic E-state index is 0.668. The zero-order valence-corrected chi connectivity index (χ0v) is 9.16. The van der Waals surface area contributed by atoms with Crippen LogP contribution in [-0.2, 0) is 12.6 Å². The highest BCUT2D eigenvalue weighted by Gasteiger charge is 2.36. The molecular weight excluding hydrogens is 194 g/mol. The number of rotatable bonds is 2. The fourth-order valence-electron chi connectivity index (χ4n) is 2.17. The lowest BCUT2D eigenvalue weighted by molar-refractivity contribution is -0.00349. The average molecular weight is 211 g/mol. The number of aromatic nitrogens is 2. The molecule has 0 radical (unpaired) electrons. The Kier molecular flexibility index (Phi) is 2.67. The lowest BCUT2D eigenvalue weighted by Crippen LogP contribution is -2.41. The van der Waals surface area contributed by atoms with E-state index in [9.17, 15) is 5.11 Å². The molecule has 0 atom stereocenters. The number of nitrogens with zero attached hydrogens (tertiary/aromatic N) is 2. The number of hydrogen-bond donors (Lipinski definition) is 2. The number of piperidine rings is 1. The lowest BCUT2D eigenvalue weighted by atomic mass is 9.88. The summed E-state index contributed by atoms with van der Waals surface area (Å²) < 4.78 is 6.92. The molecule has 0 unspecified atom stereocenters. The molecule has 0 amide bonds. The summed E-state index contributed by atoms with van der Waals surface area (Å²) in [5.74, 6) is 0.668. The fraction of sp³-hybridized carbons (Fsp3) is 0.700. The van der Waals surface area contributed by atoms with E-state index in [2.05, 4.69) is 10.4 Å². The van der Waals surface area contributed by atoms with Gasteiger partial charge in [-0.25, -0.2) is 0 Å². The fourth-order valence-corrected chi connectivity index (χ4v) is 2.17. The van der Waals surface area contributed by atoms with Gasteiger partial charge in [0.05, 0.1) is 13.3 Å². The summed E-state index contributed by atoms with van der Waals surface area (Å²) in [7, 11) is 3.43. The van der Waals surface area contributed by atoms with Gasteiger partial charge in [0, 0.05) is 7.05 Å². The molecule has 1 fully saturated rings. The van der Waals surface area contributed by atoms with Crippen molar-refractivity contribution in [3.63, 3.8) is 0 Å². The quantitative estimate of drug-likeness (QED) is 0.723. The van der Waals surface area contributed by atoms with Gasteiger partial charge in [0.25, 0.3) is 0 Å². The molecule has 15 heavy (non-hydrogen) atoms. The number of hydrogen-bond acceptors (Lipinski definition) is 4. The SMILES string of the molecule is COc1cnn(C)c1C1(O)CCNCC1. The molecule has 2 rings (SSSR count). The maximum atomic E-state index is 10.5. The van der Waals surface area contributed by atoms with E-state index in [4.69, 9.17) is 4.74 Å². The van der Waals surface area contributed by atoms with Crippen LogP contribution in [0.2, 0.25) is 0 Å². The largest absolute Gasteiger partial charge is 0.493 e. The summed E-state index contributed by atoms with van der Waals surface area (Å²) in [6.45, 7) is 1.65. The van der Waals surface area contributed by atoms with E-state index in [1.165, 1.54) is 0 Å². The van der Waals surface area contributed by atoms with Crippen LogP contribution in [0.1, 0.15) is 18.5 Å². The van der Waals surface area contributed by atoms with Crippen LogP contribution in [-0.4, -0.2) is 35.1 Å². The average Bonchev–Trinajstić information content (AvgIpc) is 2.61. The van der Waals surface area contributed by atoms with Gasteiger partial charge < -0.3 is 15.2 Å². The highest BCUT2D eigenvalue weighted by molar-refractivity contribution is 5.31. The topological polar surface area (TPSA) is 59.3 Å². The molecule has 1 aliphatic rings. The molecule has 5 nitrogen and oxygen atoms in total. The summed E-state index contributed by atoms with van der Waals surface area (Å²) >= 11 is 0. The van der Waals surface area contributed by atoms with Crippen LogP contribution in [0, 0.1) is 0 Å². The second-order valence-electron chi connectivity index (χ2n) is 3.97. The smallest absolute Gasteiger partial charge is 0.162 e. The van der Waals surface area contributed by atoms with Gasteiger partial charge in [0.15, 0.2) is 5.75 Å². The van der Waals surface area contributed by atoms with Crippen molar-refractivity contribution in [3.05, 3.63) is 11.9 Å². The Morgan fingerprint density at radius 2 is 2.20 bits per heavy atom. The number of nitrogens with one attached hydrogen (secondary N) is 1. The first kappa shape index (κ1) is 10.4. The third-order valence-corrected chi connectivity index (χ3v) is 3.00. The summed E-state index contributed by atoms with van der Waals surface area (Å²) in [4.78, 5) is 0. The van der Waals surface area contributed by atoms with Gasteiger partial charge in [-0.05, 0) is 25.9 Å². The molecule has 1 aliphatic heterocycles. The zero-order valence-electron chi connectivity index (χ0n) is 9.16. The second kappa shape index (κ2) is 3.83. The van der Waals surface area contributed by atoms with Crippen molar-refractivity contribution in [2.45, 2.75) is 18.4 Å². The molecule has 5 heteroatoms. The van der Waals surface area contributed by atoms with Gasteiger partial charge in [0.2, 0.25) is 0 Å². The summed E-state index contributed by atoms with van der Waals surface area (Å²) in [6, 6.07) is 0. The van der Waals surface area contributed by atoms with Crippen molar-refractivity contribution in [2.75, 3.05) is 20.2 Å². The van der Waals surface area contributed by atoms with E-state index in [1.54, 1.807) is 18.0 Å². The van der Waals surface area contributed by atoms with Gasteiger partial charge in [-0.2, -0.15) is 5.10 Å². The van der Waals surface area contributed by atoms with E-state index in [0.717, 1.165) is 18.8 Å². The number of aryl methyl sites for hydroxylation is 1. The zero-order chi connectivity index (χ0) is 10.9. The maximum Gasteiger partial charge on any atom is 0.162 e. The van der Waals surface area contributed by atoms with Crippen molar-refractivity contribution >= 4 is 0 Å². The molecule has 84 valence electrons. The molecular formula is C10H17N3O2. The highest BCUT2D eigenvalue weighted by Crippen LogP contribution is 2.35. The number of methoxy groups -OCH3 is 1. The third-order valence-electron chi connectivity index (χ3n) is 3.00. The Hall–Kier alpha value is -1.07. The minimum Gasteiger partial charge on any atom is -0.493 e. The van der Waals surface area contributed by atoms with E-state index in [1.807, 2.05) is 7.05 Å². The van der Waals surface area contributed by atoms with Crippen LogP contribution in [0.4, 0.5) is 0 Å². The first-order chi connectivity index (χ1) is 7.17. The number of ether oxygens (including phenoxy) is 1. The summed E-state index contributed by atoms with van der Waals surface area (Å²) in [6.07, 6.45) is 3.04. The van der Waals surface area contributed by atoms with Crippen LogP contribution in [0.5, 0.6) is 5.75 Å². The molecule has 0 aromatic carbocycles. The summed E-state index contributed by atoms with van der Waals surface area (Å²) in [5, 5.41) is 17.9. The predicted octanol–water partition coefficient (Wildman–Crippen LogP) is -0.000300. The molecule has 1 aromatic rings. The maximum absolute atomic E-state index is 10.5. The predicted molar refractivity (Wildman–Crippen MR) is 55.8 cm³/mol. The lowest BCUT2D eigenvalue weighted by Gasteiger charge is -2.32. The van der Waals surface area contributed by atoms with Crippen LogP contribution < -0.4 is 10.1 Å². The van der Waals surface area contributed by atoms with Crippen molar-refractivity contribution in [2.24, 2.45) is 7.05 Å². The van der Waals surface area contributed by atoms with Crippen molar-refractivity contribution in [1.82, 2.24) is 15.1 Å². The Morgan fingerprint density at radius 1 is 1.53 bits per heavy atom. The Morgan fingerprint density at radius 3 is 2.80 bits per heavy atom. The molecule has 2 N–H and O–H groups in total. The van der Waals surface area contributed by atoms with Gasteiger partial charge >= 0.3 is 0 Å². The van der Waals surface area contributed by atoms with Gasteiger partial charge in [0.1, 0.15) is 11.3 Å². The van der Waals surface area contributed by atoms with Crippen molar-refractivity contribution in [3.8, 4) is 5.75 Å². The minimum atomic E-state index is -0.804. The van der Waals surface area contributed by atoms with Gasteiger partial charge in [-0.1, -0.05) is 0 Å². The molecule has 1 aromatic heterocycles. The van der Waals surface area contributed by atoms with Gasteiger partial charge in [-0.3, -0.25) is 4.68 Å². The monoisotopic (exact) mass is 211 g/mol. The highest BCUT2D eigenvalue weighted by atomic mass is 16.5. The van der Waals surface area contributed by atoms with Crippen LogP contribution in [0.3, 0.4) is 0 Å². The normalized spacial score (nSPS) is 20.2. The van der Waals surface area contributed by atoms with E-state index in [-0.39, 0.29) is 0 Å². The third kappa shape index (κ3) is 1.72. The van der Waals surface area contributed by atoms with Crippen LogP contribution >= 0.6 is 0 Å². The molecule has 2 heterocycles. The van der Waals surface area contributed by atoms with E-state index < -0.39 is 5.60 Å². The molecule has 0 saturated carbocycles. The first-order valence-corrected chi connectivity index (χ1v) is 5.17. The van der Waals surface area contributed by atoms with E-state index >= 15 is 0 Å². The molecule has 0 spiro atoms. The Bertz CT molecular complexity index is 342. The summed E-state index contributed by atoms with van der Waals surface area (Å²) in [5.41, 5.74) is -0.0199. The van der Waals surface area contributed by atoms with Crippen LogP contribution in [0.25, 0.3) is 0 Å². The molecule has 1 saturated heterocycles. The Balaban J connectivity index is 2.37. The molecule has 0 bridgehead atoms. The Labute approximate surface area is 89.0 Å². The van der Waals surface area contributed by atoms with Crippen molar-refractivity contribution in [1.29, 1.82) is 0 Å². The molecule has 0 aliphatic carbocycles. The second-order valence-corrected chi connectivity index (χ2v) is 3.97. The van der Waals surface area contributed by atoms with Crippen LogP contribution in [0.15, 0.2) is 6.20 Å². The van der Waals surface area contributed by atoms with Gasteiger partial charge in [-0.15, -0.1) is 0 Å². The van der Waals surface area contributed by atoms with E-state index in [0.29, 0.717) is 18.6 Å². The number of aliphatic hydroxyl groups is 1. The first-order valence-electron chi connectivity index (χ1n) is 5.17. The van der Waals surface area contributed by atoms with Crippen molar-refractivity contribution < 1.29 is 9.84 Å². The standard InChI is InChI=1S/C10H17N3O2/c1-13-9(8(15-2)7-12-13)10(14)3-5-11-6-4-10/h7,11,14H,3-6H2,1-2H3.